The summed E-state index contributed by atoms with van der Waals surface area (Å²) in [4.78, 5) is 16.8. The van der Waals surface area contributed by atoms with Gasteiger partial charge >= 0.3 is 5.97 Å². The fourth-order valence-corrected chi connectivity index (χ4v) is 7.78. The standard InChI is InChI=1S/C35H34ClN3O6S2/c36-29-16-20-31(21-17-29)38(46(42)43)22-5-6-23-39(34-13-4-2-11-32(34)35(40)41)47(44,45)25-27-9-7-8-26(24-27)14-18-30-19-15-28-10-1-3-12-33(28)37-30/h1-4,7-13,15-17,19-21,24,46H,5-6,14,18,22-23,25H2,(H,40,41). The van der Waals surface area contributed by atoms with Crippen molar-refractivity contribution >= 4 is 60.8 Å². The van der Waals surface area contributed by atoms with Gasteiger partial charge in [-0.2, -0.15) is 0 Å². The molecule has 0 saturated heterocycles. The molecular formula is C35H34ClN3O6S2. The zero-order valence-corrected chi connectivity index (χ0v) is 27.9. The highest BCUT2D eigenvalue weighted by Gasteiger charge is 2.27. The van der Waals surface area contributed by atoms with Crippen LogP contribution in [0.3, 0.4) is 0 Å². The number of fused-ring (bicyclic) bond motifs is 1. The number of anilines is 2. The molecule has 0 atom stereocenters. The maximum atomic E-state index is 14.0. The smallest absolute Gasteiger partial charge is 0.337 e. The molecule has 0 fully saturated rings. The minimum atomic E-state index is -4.06. The Morgan fingerprint density at radius 2 is 1.49 bits per heavy atom. The molecule has 0 aliphatic carbocycles. The van der Waals surface area contributed by atoms with Crippen molar-refractivity contribution in [3.05, 3.63) is 137 Å². The van der Waals surface area contributed by atoms with E-state index in [1.165, 1.54) is 16.4 Å². The van der Waals surface area contributed by atoms with Crippen molar-refractivity contribution in [3.63, 3.8) is 0 Å². The SMILES string of the molecule is O=C(O)c1ccccc1N(CCCCN(c1ccc(Cl)cc1)[SH](=O)=O)S(=O)(=O)Cc1cccc(CCc2ccc3ccccc3n2)c1. The number of aromatic nitrogens is 1. The van der Waals surface area contributed by atoms with Crippen LogP contribution >= 0.6 is 11.6 Å². The summed E-state index contributed by atoms with van der Waals surface area (Å²) in [6.07, 6.45) is 1.95. The summed E-state index contributed by atoms with van der Waals surface area (Å²) in [6, 6.07) is 31.7. The van der Waals surface area contributed by atoms with E-state index in [1.54, 1.807) is 42.5 Å². The molecule has 0 amide bonds. The second kappa shape index (κ2) is 15.4. The molecule has 0 saturated carbocycles. The summed E-state index contributed by atoms with van der Waals surface area (Å²) >= 11 is 5.94. The first kappa shape index (κ1) is 33.9. The highest BCUT2D eigenvalue weighted by Crippen LogP contribution is 2.27. The van der Waals surface area contributed by atoms with Crippen molar-refractivity contribution < 1.29 is 26.7 Å². The number of aromatic carboxylic acids is 1. The highest BCUT2D eigenvalue weighted by atomic mass is 35.5. The summed E-state index contributed by atoms with van der Waals surface area (Å²) in [7, 11) is -7.00. The molecular weight excluding hydrogens is 658 g/mol. The van der Waals surface area contributed by atoms with E-state index in [9.17, 15) is 26.7 Å². The van der Waals surface area contributed by atoms with Crippen molar-refractivity contribution in [3.8, 4) is 0 Å². The Morgan fingerprint density at radius 1 is 0.787 bits per heavy atom. The monoisotopic (exact) mass is 691 g/mol. The number of carboxylic acid groups (broad SMARTS) is 1. The lowest BCUT2D eigenvalue weighted by molar-refractivity contribution is 0.0697. The van der Waals surface area contributed by atoms with E-state index in [0.29, 0.717) is 35.5 Å². The number of sulfonamides is 1. The molecule has 0 aliphatic heterocycles. The number of aryl methyl sites for hydroxylation is 2. The average Bonchev–Trinajstić information content (AvgIpc) is 3.05. The maximum Gasteiger partial charge on any atom is 0.337 e. The summed E-state index contributed by atoms with van der Waals surface area (Å²) in [5.41, 5.74) is 3.76. The maximum absolute atomic E-state index is 14.0. The first-order valence-electron chi connectivity index (χ1n) is 15.0. The normalized spacial score (nSPS) is 11.5. The molecule has 5 rings (SSSR count). The predicted octanol–water partition coefficient (Wildman–Crippen LogP) is 6.52. The van der Waals surface area contributed by atoms with Crippen molar-refractivity contribution in [1.29, 1.82) is 0 Å². The number of hydrogen-bond acceptors (Lipinski definition) is 6. The molecule has 47 heavy (non-hydrogen) atoms. The topological polar surface area (TPSA) is 125 Å². The molecule has 0 aliphatic rings. The number of nitrogens with zero attached hydrogens (tertiary/aromatic N) is 3. The number of pyridine rings is 1. The van der Waals surface area contributed by atoms with E-state index in [0.717, 1.165) is 26.5 Å². The van der Waals surface area contributed by atoms with Gasteiger partial charge in [-0.3, -0.25) is 13.6 Å². The van der Waals surface area contributed by atoms with Crippen LogP contribution in [0.15, 0.2) is 109 Å². The third-order valence-electron chi connectivity index (χ3n) is 7.71. The molecule has 1 heterocycles. The summed E-state index contributed by atoms with van der Waals surface area (Å²) in [6.45, 7) is 0.0763. The number of benzene rings is 4. The van der Waals surface area contributed by atoms with E-state index < -0.39 is 26.9 Å². The van der Waals surface area contributed by atoms with Crippen LogP contribution in [0.5, 0.6) is 0 Å². The van der Waals surface area contributed by atoms with Gasteiger partial charge in [-0.05, 0) is 85.3 Å². The first-order chi connectivity index (χ1) is 22.6. The van der Waals surface area contributed by atoms with Crippen molar-refractivity contribution in [2.24, 2.45) is 0 Å². The van der Waals surface area contributed by atoms with E-state index in [2.05, 4.69) is 0 Å². The molecule has 12 heteroatoms. The zero-order chi connectivity index (χ0) is 33.4. The Hall–Kier alpha value is -4.45. The predicted molar refractivity (Wildman–Crippen MR) is 187 cm³/mol. The van der Waals surface area contributed by atoms with Gasteiger partial charge < -0.3 is 5.11 Å². The Labute approximate surface area is 281 Å². The van der Waals surface area contributed by atoms with E-state index in [1.807, 2.05) is 54.6 Å². The molecule has 4 aromatic carbocycles. The number of thiol groups is 1. The fourth-order valence-electron chi connectivity index (χ4n) is 5.40. The number of halogens is 1. The van der Waals surface area contributed by atoms with Gasteiger partial charge in [0.05, 0.1) is 28.2 Å². The highest BCUT2D eigenvalue weighted by molar-refractivity contribution is 7.92. The minimum absolute atomic E-state index is 0.0377. The van der Waals surface area contributed by atoms with Crippen LogP contribution < -0.4 is 8.61 Å². The number of hydrogen-bond donors (Lipinski definition) is 2. The summed E-state index contributed by atoms with van der Waals surface area (Å²) in [5, 5.41) is 11.4. The van der Waals surface area contributed by atoms with Crippen LogP contribution in [-0.4, -0.2) is 46.0 Å². The molecule has 5 aromatic rings. The van der Waals surface area contributed by atoms with Gasteiger partial charge in [-0.25, -0.2) is 21.6 Å². The Balaban J connectivity index is 1.31. The lowest BCUT2D eigenvalue weighted by atomic mass is 10.0. The molecule has 0 unspecified atom stereocenters. The van der Waals surface area contributed by atoms with Crippen LogP contribution in [0, 0.1) is 0 Å². The van der Waals surface area contributed by atoms with Gasteiger partial charge in [0.1, 0.15) is 0 Å². The molecule has 0 radical (unpaired) electrons. The Bertz CT molecular complexity index is 2040. The number of unbranched alkanes of at least 4 members (excludes halogenated alkanes) is 1. The average molecular weight is 692 g/mol. The number of carboxylic acids is 1. The number of para-hydroxylation sites is 2. The Kier molecular flexibility index (Phi) is 11.1. The van der Waals surface area contributed by atoms with Gasteiger partial charge in [-0.1, -0.05) is 72.3 Å². The van der Waals surface area contributed by atoms with Crippen LogP contribution in [-0.2, 0) is 39.5 Å². The molecule has 244 valence electrons. The van der Waals surface area contributed by atoms with Crippen molar-refractivity contribution in [1.82, 2.24) is 4.98 Å². The van der Waals surface area contributed by atoms with Crippen LogP contribution in [0.1, 0.15) is 40.0 Å². The lowest BCUT2D eigenvalue weighted by Gasteiger charge is -2.26. The molecule has 1 N–H and O–H groups in total. The van der Waals surface area contributed by atoms with Gasteiger partial charge in [0.25, 0.3) is 0 Å². The van der Waals surface area contributed by atoms with E-state index in [-0.39, 0.29) is 36.5 Å². The van der Waals surface area contributed by atoms with E-state index >= 15 is 0 Å². The fraction of sp³-hybridized carbons (Fsp3) is 0.200. The van der Waals surface area contributed by atoms with Gasteiger partial charge in [0, 0.05) is 29.2 Å². The summed E-state index contributed by atoms with van der Waals surface area (Å²) in [5.74, 6) is -1.59. The van der Waals surface area contributed by atoms with E-state index in [4.69, 9.17) is 16.6 Å². The quantitative estimate of drug-likeness (QED) is 0.0946. The molecule has 9 nitrogen and oxygen atoms in total. The number of carbonyl (C=O) groups is 1. The summed E-state index contributed by atoms with van der Waals surface area (Å²) < 4.78 is 54.3. The van der Waals surface area contributed by atoms with Gasteiger partial charge in [-0.15, -0.1) is 0 Å². The lowest BCUT2D eigenvalue weighted by Crippen LogP contribution is -2.35. The molecule has 0 spiro atoms. The van der Waals surface area contributed by atoms with Gasteiger partial charge in [0.15, 0.2) is 0 Å². The third kappa shape index (κ3) is 8.88. The largest absolute Gasteiger partial charge is 0.478 e. The van der Waals surface area contributed by atoms with Crippen LogP contribution in [0.25, 0.3) is 10.9 Å². The third-order valence-corrected chi connectivity index (χ3v) is 10.5. The van der Waals surface area contributed by atoms with Gasteiger partial charge in [0.2, 0.25) is 20.9 Å². The Morgan fingerprint density at radius 3 is 2.26 bits per heavy atom. The van der Waals surface area contributed by atoms with Crippen LogP contribution in [0.2, 0.25) is 5.02 Å². The van der Waals surface area contributed by atoms with Crippen molar-refractivity contribution in [2.45, 2.75) is 31.4 Å². The molecule has 0 bridgehead atoms. The second-order valence-corrected chi connectivity index (χ2v) is 14.3. The first-order valence-corrected chi connectivity index (χ1v) is 18.1. The minimum Gasteiger partial charge on any atom is -0.478 e. The second-order valence-electron chi connectivity index (χ2n) is 11.0. The number of rotatable bonds is 15. The van der Waals surface area contributed by atoms with Crippen LogP contribution in [0.4, 0.5) is 11.4 Å². The zero-order valence-electron chi connectivity index (χ0n) is 25.4. The van der Waals surface area contributed by atoms with Crippen molar-refractivity contribution in [2.75, 3.05) is 21.7 Å². The molecule has 1 aromatic heterocycles.